The summed E-state index contributed by atoms with van der Waals surface area (Å²) >= 11 is 1.65. The molecular weight excluding hydrogens is 320 g/mol. The van der Waals surface area contributed by atoms with Gasteiger partial charge < -0.3 is 14.8 Å². The molecule has 2 aromatic heterocycles. The largest absolute Gasteiger partial charge is 0.365 e. The van der Waals surface area contributed by atoms with E-state index in [9.17, 15) is 4.79 Å². The first kappa shape index (κ1) is 16.9. The minimum absolute atomic E-state index is 0.0160. The fraction of sp³-hybridized carbons (Fsp3) is 0.444. The van der Waals surface area contributed by atoms with Crippen LogP contribution >= 0.6 is 11.3 Å². The quantitative estimate of drug-likeness (QED) is 0.668. The lowest BCUT2D eigenvalue weighted by Gasteiger charge is -2.12. The molecule has 5 nitrogen and oxygen atoms in total. The standard InChI is InChI=1S/C18H24N4OS/c1-4-11-22-15-13-8-5-6-9-14(13)24-17(15)20-16(18(22)23)19-10-7-12-21(2)3/h5-6,8-9H,4,7,10-12H2,1-3H3,(H,19,20). The van der Waals surface area contributed by atoms with E-state index in [1.807, 2.05) is 16.7 Å². The molecule has 6 heteroatoms. The van der Waals surface area contributed by atoms with Crippen LogP contribution in [0.25, 0.3) is 20.4 Å². The number of hydrogen-bond acceptors (Lipinski definition) is 5. The van der Waals surface area contributed by atoms with Gasteiger partial charge in [0.1, 0.15) is 4.83 Å². The number of anilines is 1. The second-order valence-corrected chi connectivity index (χ2v) is 7.28. The number of nitrogens with zero attached hydrogens (tertiary/aromatic N) is 3. The minimum atomic E-state index is -0.0160. The van der Waals surface area contributed by atoms with E-state index < -0.39 is 0 Å². The van der Waals surface area contributed by atoms with E-state index in [0.717, 1.165) is 41.7 Å². The van der Waals surface area contributed by atoms with Crippen LogP contribution < -0.4 is 10.9 Å². The summed E-state index contributed by atoms with van der Waals surface area (Å²) in [5, 5.41) is 4.36. The Morgan fingerprint density at radius 2 is 2.08 bits per heavy atom. The van der Waals surface area contributed by atoms with Gasteiger partial charge in [0.2, 0.25) is 0 Å². The van der Waals surface area contributed by atoms with Gasteiger partial charge in [-0.1, -0.05) is 25.1 Å². The third kappa shape index (κ3) is 3.30. The van der Waals surface area contributed by atoms with Gasteiger partial charge in [-0.15, -0.1) is 11.3 Å². The zero-order valence-corrected chi connectivity index (χ0v) is 15.3. The molecule has 1 aromatic carbocycles. The average molecular weight is 344 g/mol. The Bertz CT molecular complexity index is 897. The molecule has 0 atom stereocenters. The van der Waals surface area contributed by atoms with Crippen molar-refractivity contribution in [2.24, 2.45) is 0 Å². The molecule has 1 N–H and O–H groups in total. The second kappa shape index (κ2) is 7.32. The molecule has 0 aliphatic rings. The smallest absolute Gasteiger partial charge is 0.293 e. The Kier molecular flexibility index (Phi) is 5.16. The topological polar surface area (TPSA) is 50.2 Å². The first-order valence-electron chi connectivity index (χ1n) is 8.42. The van der Waals surface area contributed by atoms with Crippen LogP contribution in [-0.2, 0) is 6.54 Å². The van der Waals surface area contributed by atoms with Crippen molar-refractivity contribution >= 4 is 37.6 Å². The highest BCUT2D eigenvalue weighted by atomic mass is 32.1. The summed E-state index contributed by atoms with van der Waals surface area (Å²) in [7, 11) is 4.10. The van der Waals surface area contributed by atoms with Gasteiger partial charge in [0, 0.05) is 23.2 Å². The van der Waals surface area contributed by atoms with Crippen LogP contribution in [0.15, 0.2) is 29.1 Å². The Morgan fingerprint density at radius 1 is 1.29 bits per heavy atom. The van der Waals surface area contributed by atoms with Crippen molar-refractivity contribution in [2.75, 3.05) is 32.5 Å². The number of fused-ring (bicyclic) bond motifs is 3. The summed E-state index contributed by atoms with van der Waals surface area (Å²) in [5.74, 6) is 0.473. The molecule has 3 aromatic rings. The summed E-state index contributed by atoms with van der Waals surface area (Å²) < 4.78 is 3.06. The Balaban J connectivity index is 2.03. The van der Waals surface area contributed by atoms with Crippen molar-refractivity contribution < 1.29 is 0 Å². The first-order valence-corrected chi connectivity index (χ1v) is 9.24. The van der Waals surface area contributed by atoms with E-state index in [1.165, 1.54) is 4.70 Å². The second-order valence-electron chi connectivity index (χ2n) is 6.25. The molecule has 0 aliphatic carbocycles. The molecule has 24 heavy (non-hydrogen) atoms. The summed E-state index contributed by atoms with van der Waals surface area (Å²) in [6.45, 7) is 4.55. The summed E-state index contributed by atoms with van der Waals surface area (Å²) in [5.41, 5.74) is 0.957. The molecule has 0 saturated heterocycles. The van der Waals surface area contributed by atoms with Crippen LogP contribution in [0.2, 0.25) is 0 Å². The molecule has 0 unspecified atom stereocenters. The van der Waals surface area contributed by atoms with Gasteiger partial charge in [-0.2, -0.15) is 0 Å². The molecular formula is C18H24N4OS. The van der Waals surface area contributed by atoms with E-state index in [4.69, 9.17) is 0 Å². The first-order chi connectivity index (χ1) is 11.6. The molecule has 128 valence electrons. The van der Waals surface area contributed by atoms with E-state index in [2.05, 4.69) is 48.4 Å². The van der Waals surface area contributed by atoms with Gasteiger partial charge in [-0.3, -0.25) is 4.79 Å². The maximum atomic E-state index is 12.9. The highest BCUT2D eigenvalue weighted by molar-refractivity contribution is 7.25. The monoisotopic (exact) mass is 344 g/mol. The zero-order chi connectivity index (χ0) is 17.1. The van der Waals surface area contributed by atoms with Gasteiger partial charge in [0.05, 0.1) is 5.52 Å². The number of rotatable bonds is 7. The van der Waals surface area contributed by atoms with Gasteiger partial charge in [-0.25, -0.2) is 4.98 Å². The van der Waals surface area contributed by atoms with Crippen molar-refractivity contribution in [1.82, 2.24) is 14.5 Å². The van der Waals surface area contributed by atoms with Crippen molar-refractivity contribution in [1.29, 1.82) is 0 Å². The van der Waals surface area contributed by atoms with Crippen LogP contribution in [0.5, 0.6) is 0 Å². The highest BCUT2D eigenvalue weighted by Crippen LogP contribution is 2.32. The fourth-order valence-corrected chi connectivity index (χ4v) is 3.97. The third-order valence-electron chi connectivity index (χ3n) is 4.00. The van der Waals surface area contributed by atoms with Crippen molar-refractivity contribution in [3.63, 3.8) is 0 Å². The maximum Gasteiger partial charge on any atom is 0.293 e. The van der Waals surface area contributed by atoms with E-state index in [1.54, 1.807) is 11.3 Å². The predicted octanol–water partition coefficient (Wildman–Crippen LogP) is 3.38. The zero-order valence-electron chi connectivity index (χ0n) is 14.5. The summed E-state index contributed by atoms with van der Waals surface area (Å²) in [6, 6.07) is 8.21. The Hall–Kier alpha value is -1.92. The lowest BCUT2D eigenvalue weighted by atomic mass is 10.2. The molecule has 3 rings (SSSR count). The van der Waals surface area contributed by atoms with Crippen LogP contribution in [0.1, 0.15) is 19.8 Å². The molecule has 0 radical (unpaired) electrons. The summed E-state index contributed by atoms with van der Waals surface area (Å²) in [4.78, 5) is 20.6. The van der Waals surface area contributed by atoms with Crippen LogP contribution in [0.3, 0.4) is 0 Å². The molecule has 0 saturated carbocycles. The number of benzene rings is 1. The van der Waals surface area contributed by atoms with Crippen LogP contribution in [-0.4, -0.2) is 41.6 Å². The molecule has 0 spiro atoms. The number of thiophene rings is 1. The van der Waals surface area contributed by atoms with E-state index in [0.29, 0.717) is 12.4 Å². The molecule has 0 amide bonds. The number of aromatic nitrogens is 2. The number of hydrogen-bond donors (Lipinski definition) is 1. The summed E-state index contributed by atoms with van der Waals surface area (Å²) in [6.07, 6.45) is 1.90. The lowest BCUT2D eigenvalue weighted by Crippen LogP contribution is -2.26. The molecule has 0 fully saturated rings. The van der Waals surface area contributed by atoms with Gasteiger partial charge in [0.25, 0.3) is 5.56 Å². The van der Waals surface area contributed by atoms with Crippen molar-refractivity contribution in [2.45, 2.75) is 26.3 Å². The van der Waals surface area contributed by atoms with E-state index >= 15 is 0 Å². The Morgan fingerprint density at radius 3 is 2.83 bits per heavy atom. The number of aryl methyl sites for hydroxylation is 1. The lowest BCUT2D eigenvalue weighted by molar-refractivity contribution is 0.405. The Labute approximate surface area is 145 Å². The predicted molar refractivity (Wildman–Crippen MR) is 103 cm³/mol. The molecule has 0 bridgehead atoms. The van der Waals surface area contributed by atoms with Gasteiger partial charge >= 0.3 is 0 Å². The maximum absolute atomic E-state index is 12.9. The number of nitrogens with one attached hydrogen (secondary N) is 1. The highest BCUT2D eigenvalue weighted by Gasteiger charge is 2.15. The SMILES string of the molecule is CCCn1c(=O)c(NCCCN(C)C)nc2sc3ccccc3c21. The normalized spacial score (nSPS) is 11.7. The molecule has 0 aliphatic heterocycles. The van der Waals surface area contributed by atoms with Crippen molar-refractivity contribution in [3.05, 3.63) is 34.6 Å². The minimum Gasteiger partial charge on any atom is -0.365 e. The van der Waals surface area contributed by atoms with Gasteiger partial charge in [-0.05, 0) is 39.5 Å². The van der Waals surface area contributed by atoms with Gasteiger partial charge in [0.15, 0.2) is 5.82 Å². The van der Waals surface area contributed by atoms with Crippen molar-refractivity contribution in [3.8, 4) is 0 Å². The van der Waals surface area contributed by atoms with Crippen LogP contribution in [0, 0.1) is 0 Å². The van der Waals surface area contributed by atoms with Crippen LogP contribution in [0.4, 0.5) is 5.82 Å². The fourth-order valence-electron chi connectivity index (χ4n) is 2.89. The van der Waals surface area contributed by atoms with E-state index in [-0.39, 0.29) is 5.56 Å². The average Bonchev–Trinajstić information content (AvgIpc) is 2.92. The molecule has 2 heterocycles. The third-order valence-corrected chi connectivity index (χ3v) is 5.06.